The molecule has 1 aromatic heterocycles. The number of halogens is 3. The lowest BCUT2D eigenvalue weighted by atomic mass is 9.92. The van der Waals surface area contributed by atoms with Crippen molar-refractivity contribution in [2.45, 2.75) is 56.0 Å². The second-order valence-corrected chi connectivity index (χ2v) is 6.77. The van der Waals surface area contributed by atoms with Gasteiger partial charge in [0.1, 0.15) is 0 Å². The molecule has 2 aliphatic rings. The summed E-state index contributed by atoms with van der Waals surface area (Å²) in [5, 5.41) is 4.84. The molecular formula is C14H19ClF2N2OS. The number of carbonyl (C=O) groups excluding carboxylic acids is 1. The fraction of sp³-hybridized carbons (Fsp3) is 0.643. The van der Waals surface area contributed by atoms with Crippen LogP contribution in [0.25, 0.3) is 0 Å². The van der Waals surface area contributed by atoms with E-state index in [9.17, 15) is 13.6 Å². The minimum Gasteiger partial charge on any atom is -0.349 e. The van der Waals surface area contributed by atoms with E-state index >= 15 is 0 Å². The molecule has 118 valence electrons. The second-order valence-electron chi connectivity index (χ2n) is 5.85. The number of hydrogen-bond donors (Lipinski definition) is 2. The third kappa shape index (κ3) is 3.93. The van der Waals surface area contributed by atoms with Crippen molar-refractivity contribution >= 4 is 29.7 Å². The van der Waals surface area contributed by atoms with Crippen molar-refractivity contribution in [3.05, 3.63) is 21.9 Å². The fourth-order valence-corrected chi connectivity index (χ4v) is 3.58. The summed E-state index contributed by atoms with van der Waals surface area (Å²) in [6.45, 7) is 0. The molecule has 3 nitrogen and oxygen atoms in total. The van der Waals surface area contributed by atoms with Crippen LogP contribution in [0.1, 0.15) is 53.3 Å². The Hall–Kier alpha value is -0.720. The molecule has 0 aromatic carbocycles. The lowest BCUT2D eigenvalue weighted by Crippen LogP contribution is -2.40. The van der Waals surface area contributed by atoms with Crippen LogP contribution in [0.3, 0.4) is 0 Å². The molecule has 2 fully saturated rings. The van der Waals surface area contributed by atoms with E-state index in [-0.39, 0.29) is 43.2 Å². The summed E-state index contributed by atoms with van der Waals surface area (Å²) in [4.78, 5) is 12.7. The van der Waals surface area contributed by atoms with E-state index in [1.54, 1.807) is 0 Å². The summed E-state index contributed by atoms with van der Waals surface area (Å²) in [5.74, 6) is -2.31. The first-order valence-corrected chi connectivity index (χ1v) is 7.85. The van der Waals surface area contributed by atoms with Crippen LogP contribution in [0.2, 0.25) is 0 Å². The van der Waals surface area contributed by atoms with E-state index in [0.29, 0.717) is 23.6 Å². The van der Waals surface area contributed by atoms with Gasteiger partial charge < -0.3 is 11.1 Å². The van der Waals surface area contributed by atoms with E-state index in [0.717, 1.165) is 12.0 Å². The van der Waals surface area contributed by atoms with Gasteiger partial charge in [0.05, 0.1) is 4.88 Å². The highest BCUT2D eigenvalue weighted by molar-refractivity contribution is 7.12. The zero-order chi connectivity index (χ0) is 14.3. The third-order valence-corrected chi connectivity index (χ3v) is 5.11. The number of carbonyl (C=O) groups is 1. The van der Waals surface area contributed by atoms with E-state index in [1.165, 1.54) is 11.3 Å². The lowest BCUT2D eigenvalue weighted by molar-refractivity contribution is -0.0399. The number of amides is 1. The van der Waals surface area contributed by atoms with Gasteiger partial charge >= 0.3 is 0 Å². The van der Waals surface area contributed by atoms with Crippen LogP contribution in [0.5, 0.6) is 0 Å². The monoisotopic (exact) mass is 336 g/mol. The lowest BCUT2D eigenvalue weighted by Gasteiger charge is -2.28. The Labute approximate surface area is 132 Å². The van der Waals surface area contributed by atoms with Crippen molar-refractivity contribution in [3.63, 3.8) is 0 Å². The number of hydrogen-bond acceptors (Lipinski definition) is 3. The number of nitrogens with two attached hydrogens (primary N) is 1. The van der Waals surface area contributed by atoms with E-state index in [4.69, 9.17) is 5.73 Å². The van der Waals surface area contributed by atoms with Crippen molar-refractivity contribution in [1.82, 2.24) is 5.32 Å². The Morgan fingerprint density at radius 1 is 1.38 bits per heavy atom. The van der Waals surface area contributed by atoms with Crippen LogP contribution in [0, 0.1) is 0 Å². The summed E-state index contributed by atoms with van der Waals surface area (Å²) in [6.07, 6.45) is 1.42. The SMILES string of the molecule is Cl.NC1CC1c1csc(C(=O)NC2CCC(F)(F)CC2)c1. The average molecular weight is 337 g/mol. The van der Waals surface area contributed by atoms with Crippen molar-refractivity contribution in [2.75, 3.05) is 0 Å². The third-order valence-electron chi connectivity index (χ3n) is 4.16. The molecule has 1 amide bonds. The van der Waals surface area contributed by atoms with Crippen molar-refractivity contribution in [2.24, 2.45) is 5.73 Å². The van der Waals surface area contributed by atoms with Gasteiger partial charge in [-0.05, 0) is 36.3 Å². The maximum atomic E-state index is 13.1. The molecular weight excluding hydrogens is 318 g/mol. The van der Waals surface area contributed by atoms with Gasteiger partial charge in [-0.2, -0.15) is 0 Å². The Balaban J connectivity index is 0.00000161. The molecule has 3 rings (SSSR count). The number of thiophene rings is 1. The van der Waals surface area contributed by atoms with Gasteiger partial charge in [-0.3, -0.25) is 4.79 Å². The summed E-state index contributed by atoms with van der Waals surface area (Å²) in [7, 11) is 0. The summed E-state index contributed by atoms with van der Waals surface area (Å²) >= 11 is 1.40. The molecule has 0 bridgehead atoms. The molecule has 1 heterocycles. The predicted octanol–water partition coefficient (Wildman–Crippen LogP) is 3.29. The Morgan fingerprint density at radius 2 is 2.00 bits per heavy atom. The molecule has 2 aliphatic carbocycles. The van der Waals surface area contributed by atoms with Crippen LogP contribution >= 0.6 is 23.7 Å². The number of alkyl halides is 2. The highest BCUT2D eigenvalue weighted by Gasteiger charge is 2.37. The summed E-state index contributed by atoms with van der Waals surface area (Å²) in [5.41, 5.74) is 6.92. The Morgan fingerprint density at radius 3 is 2.57 bits per heavy atom. The van der Waals surface area contributed by atoms with E-state index < -0.39 is 5.92 Å². The quantitative estimate of drug-likeness (QED) is 0.890. The summed E-state index contributed by atoms with van der Waals surface area (Å²) < 4.78 is 26.1. The second kappa shape index (κ2) is 6.18. The number of rotatable bonds is 3. The molecule has 1 aromatic rings. The van der Waals surface area contributed by atoms with Gasteiger partial charge in [0.25, 0.3) is 5.91 Å². The highest BCUT2D eigenvalue weighted by Crippen LogP contribution is 2.40. The standard InChI is InChI=1S/C14H18F2N2OS.ClH/c15-14(16)3-1-9(2-4-14)18-13(19)12-5-8(7-20-12)10-6-11(10)17;/h5,7,9-11H,1-4,6,17H2,(H,18,19);1H. The maximum Gasteiger partial charge on any atom is 0.261 e. The Bertz CT molecular complexity index is 513. The van der Waals surface area contributed by atoms with Crippen LogP contribution < -0.4 is 11.1 Å². The molecule has 2 unspecified atom stereocenters. The molecule has 0 radical (unpaired) electrons. The normalized spacial score (nSPS) is 27.8. The van der Waals surface area contributed by atoms with Crippen LogP contribution in [0.15, 0.2) is 11.4 Å². The minimum absolute atomic E-state index is 0. The first-order chi connectivity index (χ1) is 9.44. The van der Waals surface area contributed by atoms with Gasteiger partial charge in [0.2, 0.25) is 5.92 Å². The first-order valence-electron chi connectivity index (χ1n) is 6.97. The van der Waals surface area contributed by atoms with E-state index in [1.807, 2.05) is 11.4 Å². The zero-order valence-electron chi connectivity index (χ0n) is 11.5. The smallest absolute Gasteiger partial charge is 0.261 e. The molecule has 3 N–H and O–H groups in total. The van der Waals surface area contributed by atoms with Gasteiger partial charge in [-0.1, -0.05) is 0 Å². The van der Waals surface area contributed by atoms with Crippen molar-refractivity contribution in [3.8, 4) is 0 Å². The maximum absolute atomic E-state index is 13.1. The molecule has 2 atom stereocenters. The highest BCUT2D eigenvalue weighted by atomic mass is 35.5. The molecule has 2 saturated carbocycles. The van der Waals surface area contributed by atoms with Gasteiger partial charge in [-0.15, -0.1) is 23.7 Å². The average Bonchev–Trinajstić information content (AvgIpc) is 2.92. The van der Waals surface area contributed by atoms with Crippen LogP contribution in [-0.2, 0) is 0 Å². The molecule has 0 aliphatic heterocycles. The van der Waals surface area contributed by atoms with Crippen molar-refractivity contribution < 1.29 is 13.6 Å². The summed E-state index contributed by atoms with van der Waals surface area (Å²) in [6, 6.07) is 1.98. The fourth-order valence-electron chi connectivity index (χ4n) is 2.70. The van der Waals surface area contributed by atoms with Gasteiger partial charge in [0.15, 0.2) is 0 Å². The van der Waals surface area contributed by atoms with Crippen LogP contribution in [-0.4, -0.2) is 23.9 Å². The topological polar surface area (TPSA) is 55.1 Å². The molecule has 7 heteroatoms. The van der Waals surface area contributed by atoms with Gasteiger partial charge in [-0.25, -0.2) is 8.78 Å². The predicted molar refractivity (Wildman–Crippen MR) is 81.6 cm³/mol. The zero-order valence-corrected chi connectivity index (χ0v) is 13.1. The largest absolute Gasteiger partial charge is 0.349 e. The Kier molecular flexibility index (Phi) is 4.90. The molecule has 21 heavy (non-hydrogen) atoms. The van der Waals surface area contributed by atoms with Gasteiger partial charge in [0, 0.05) is 30.8 Å². The van der Waals surface area contributed by atoms with Crippen molar-refractivity contribution in [1.29, 1.82) is 0 Å². The first kappa shape index (κ1) is 16.6. The minimum atomic E-state index is -2.56. The number of nitrogens with one attached hydrogen (secondary N) is 1. The molecule has 0 saturated heterocycles. The molecule has 0 spiro atoms. The van der Waals surface area contributed by atoms with E-state index in [2.05, 4.69) is 5.32 Å². The van der Waals surface area contributed by atoms with Crippen LogP contribution in [0.4, 0.5) is 8.78 Å².